The highest BCUT2D eigenvalue weighted by molar-refractivity contribution is 5.25. The van der Waals surface area contributed by atoms with Gasteiger partial charge in [-0.15, -0.1) is 0 Å². The maximum atomic E-state index is 4.33. The first-order chi connectivity index (χ1) is 6.83. The second kappa shape index (κ2) is 5.81. The van der Waals surface area contributed by atoms with Crippen LogP contribution in [0.4, 0.5) is 0 Å². The fraction of sp³-hybridized carbons (Fsp3) is 0.727. The molecule has 0 aromatic carbocycles. The summed E-state index contributed by atoms with van der Waals surface area (Å²) in [5, 5.41) is 10.8. The number of nitrogens with zero attached hydrogens (tertiary/aromatic N) is 1. The summed E-state index contributed by atoms with van der Waals surface area (Å²) in [4.78, 5) is 0. The molecule has 1 rings (SSSR count). The van der Waals surface area contributed by atoms with E-state index in [1.807, 2.05) is 0 Å². The van der Waals surface area contributed by atoms with Gasteiger partial charge in [-0.2, -0.15) is 5.10 Å². The van der Waals surface area contributed by atoms with Crippen molar-refractivity contribution in [1.29, 1.82) is 0 Å². The molecule has 1 aromatic rings. The minimum absolute atomic E-state index is 1.03. The van der Waals surface area contributed by atoms with Crippen molar-refractivity contribution < 1.29 is 0 Å². The maximum absolute atomic E-state index is 4.33. The van der Waals surface area contributed by atoms with Crippen LogP contribution in [0.5, 0.6) is 0 Å². The number of aromatic nitrogens is 2. The van der Waals surface area contributed by atoms with Gasteiger partial charge in [0.15, 0.2) is 0 Å². The van der Waals surface area contributed by atoms with E-state index in [0.29, 0.717) is 0 Å². The van der Waals surface area contributed by atoms with Gasteiger partial charge in [0.25, 0.3) is 0 Å². The van der Waals surface area contributed by atoms with E-state index in [2.05, 4.69) is 36.3 Å². The lowest BCUT2D eigenvalue weighted by atomic mass is 10.1. The van der Waals surface area contributed by atoms with Gasteiger partial charge in [0.1, 0.15) is 0 Å². The highest BCUT2D eigenvalue weighted by Gasteiger charge is 2.09. The Balaban J connectivity index is 2.65. The topological polar surface area (TPSA) is 40.7 Å². The van der Waals surface area contributed by atoms with Crippen LogP contribution in [0.2, 0.25) is 0 Å². The monoisotopic (exact) mass is 195 g/mol. The summed E-state index contributed by atoms with van der Waals surface area (Å²) < 4.78 is 0. The van der Waals surface area contributed by atoms with Crippen molar-refractivity contribution >= 4 is 0 Å². The highest BCUT2D eigenvalue weighted by atomic mass is 15.1. The first-order valence-corrected chi connectivity index (χ1v) is 5.59. The molecular weight excluding hydrogens is 174 g/mol. The minimum atomic E-state index is 1.03. The van der Waals surface area contributed by atoms with E-state index in [0.717, 1.165) is 32.4 Å². The third-order valence-electron chi connectivity index (χ3n) is 2.53. The molecule has 0 aliphatic heterocycles. The summed E-state index contributed by atoms with van der Waals surface area (Å²) in [6.45, 7) is 8.56. The Bertz CT molecular complexity index is 244. The van der Waals surface area contributed by atoms with Crippen LogP contribution in [0.25, 0.3) is 0 Å². The number of hydrogen-bond donors (Lipinski definition) is 2. The maximum Gasteiger partial charge on any atom is 0.0654 e. The SMILES string of the molecule is CCNCCc1c(CC)n[nH]c1CC. The van der Waals surface area contributed by atoms with Crippen LogP contribution in [-0.4, -0.2) is 23.3 Å². The molecule has 0 bridgehead atoms. The molecule has 1 aromatic heterocycles. The number of aryl methyl sites for hydroxylation is 2. The zero-order valence-corrected chi connectivity index (χ0v) is 9.48. The summed E-state index contributed by atoms with van der Waals surface area (Å²) in [7, 11) is 0. The predicted octanol–water partition coefficient (Wildman–Crippen LogP) is 1.69. The van der Waals surface area contributed by atoms with Crippen molar-refractivity contribution in [3.8, 4) is 0 Å². The van der Waals surface area contributed by atoms with Gasteiger partial charge in [-0.3, -0.25) is 5.10 Å². The molecule has 0 saturated carbocycles. The largest absolute Gasteiger partial charge is 0.317 e. The van der Waals surface area contributed by atoms with Gasteiger partial charge >= 0.3 is 0 Å². The summed E-state index contributed by atoms with van der Waals surface area (Å²) in [6.07, 6.45) is 3.17. The molecule has 80 valence electrons. The fourth-order valence-electron chi connectivity index (χ4n) is 1.71. The van der Waals surface area contributed by atoms with E-state index in [4.69, 9.17) is 0 Å². The van der Waals surface area contributed by atoms with Gasteiger partial charge in [-0.25, -0.2) is 0 Å². The van der Waals surface area contributed by atoms with Crippen LogP contribution in [0.1, 0.15) is 37.7 Å². The molecule has 0 unspecified atom stereocenters. The Labute approximate surface area is 86.3 Å². The molecule has 0 fully saturated rings. The Morgan fingerprint density at radius 1 is 1.21 bits per heavy atom. The number of likely N-dealkylation sites (N-methyl/N-ethyl adjacent to an activating group) is 1. The lowest BCUT2D eigenvalue weighted by Crippen LogP contribution is -2.17. The van der Waals surface area contributed by atoms with Gasteiger partial charge in [0, 0.05) is 5.69 Å². The van der Waals surface area contributed by atoms with Gasteiger partial charge in [0.2, 0.25) is 0 Å². The van der Waals surface area contributed by atoms with E-state index in [9.17, 15) is 0 Å². The first kappa shape index (κ1) is 11.2. The summed E-state index contributed by atoms with van der Waals surface area (Å²) in [5.41, 5.74) is 3.97. The van der Waals surface area contributed by atoms with Crippen LogP contribution in [0.3, 0.4) is 0 Å². The number of aromatic amines is 1. The highest BCUT2D eigenvalue weighted by Crippen LogP contribution is 2.13. The lowest BCUT2D eigenvalue weighted by molar-refractivity contribution is 0.710. The van der Waals surface area contributed by atoms with E-state index < -0.39 is 0 Å². The number of hydrogen-bond acceptors (Lipinski definition) is 2. The van der Waals surface area contributed by atoms with Crippen LogP contribution in [0, 0.1) is 0 Å². The van der Waals surface area contributed by atoms with Crippen molar-refractivity contribution in [1.82, 2.24) is 15.5 Å². The summed E-state index contributed by atoms with van der Waals surface area (Å²) >= 11 is 0. The number of rotatable bonds is 6. The summed E-state index contributed by atoms with van der Waals surface area (Å²) in [5.74, 6) is 0. The molecule has 0 saturated heterocycles. The molecule has 0 atom stereocenters. The molecule has 3 heteroatoms. The molecule has 2 N–H and O–H groups in total. The number of H-pyrrole nitrogens is 1. The first-order valence-electron chi connectivity index (χ1n) is 5.59. The quantitative estimate of drug-likeness (QED) is 0.678. The van der Waals surface area contributed by atoms with Crippen molar-refractivity contribution in [3.05, 3.63) is 17.0 Å². The molecule has 0 radical (unpaired) electrons. The van der Waals surface area contributed by atoms with Crippen molar-refractivity contribution in [2.75, 3.05) is 13.1 Å². The van der Waals surface area contributed by atoms with Gasteiger partial charge in [-0.05, 0) is 37.9 Å². The van der Waals surface area contributed by atoms with Crippen LogP contribution >= 0.6 is 0 Å². The van der Waals surface area contributed by atoms with Crippen LogP contribution in [-0.2, 0) is 19.3 Å². The Morgan fingerprint density at radius 3 is 2.57 bits per heavy atom. The second-order valence-electron chi connectivity index (χ2n) is 3.44. The average Bonchev–Trinajstić information content (AvgIpc) is 2.60. The van der Waals surface area contributed by atoms with Crippen molar-refractivity contribution in [3.63, 3.8) is 0 Å². The number of nitrogens with one attached hydrogen (secondary N) is 2. The summed E-state index contributed by atoms with van der Waals surface area (Å²) in [6, 6.07) is 0. The lowest BCUT2D eigenvalue weighted by Gasteiger charge is -2.04. The van der Waals surface area contributed by atoms with Gasteiger partial charge < -0.3 is 5.32 Å². The smallest absolute Gasteiger partial charge is 0.0654 e. The third-order valence-corrected chi connectivity index (χ3v) is 2.53. The third kappa shape index (κ3) is 2.58. The van der Waals surface area contributed by atoms with Crippen molar-refractivity contribution in [2.24, 2.45) is 0 Å². The fourth-order valence-corrected chi connectivity index (χ4v) is 1.71. The van der Waals surface area contributed by atoms with E-state index in [1.54, 1.807) is 0 Å². The van der Waals surface area contributed by atoms with Gasteiger partial charge in [-0.1, -0.05) is 20.8 Å². The van der Waals surface area contributed by atoms with E-state index in [-0.39, 0.29) is 0 Å². The predicted molar refractivity (Wildman–Crippen MR) is 59.6 cm³/mol. The molecular formula is C11H21N3. The average molecular weight is 195 g/mol. The zero-order chi connectivity index (χ0) is 10.4. The van der Waals surface area contributed by atoms with Crippen LogP contribution in [0.15, 0.2) is 0 Å². The molecule has 0 amide bonds. The molecule has 14 heavy (non-hydrogen) atoms. The molecule has 0 aliphatic rings. The Kier molecular flexibility index (Phi) is 4.66. The van der Waals surface area contributed by atoms with E-state index in [1.165, 1.54) is 17.0 Å². The van der Waals surface area contributed by atoms with Crippen molar-refractivity contribution in [2.45, 2.75) is 40.0 Å². The minimum Gasteiger partial charge on any atom is -0.317 e. The normalized spacial score (nSPS) is 10.8. The zero-order valence-electron chi connectivity index (χ0n) is 9.48. The molecule has 3 nitrogen and oxygen atoms in total. The van der Waals surface area contributed by atoms with Crippen LogP contribution < -0.4 is 5.32 Å². The van der Waals surface area contributed by atoms with E-state index >= 15 is 0 Å². The standard InChI is InChI=1S/C11H21N3/c1-4-10-9(7-8-12-6-3)11(5-2)14-13-10/h12H,4-8H2,1-3H3,(H,13,14). The Hall–Kier alpha value is -0.830. The van der Waals surface area contributed by atoms with Gasteiger partial charge in [0.05, 0.1) is 5.69 Å². The Morgan fingerprint density at radius 2 is 2.00 bits per heavy atom. The molecule has 0 aliphatic carbocycles. The molecule has 0 spiro atoms. The molecule has 1 heterocycles. The second-order valence-corrected chi connectivity index (χ2v) is 3.44.